The highest BCUT2D eigenvalue weighted by atomic mass is 32.1. The van der Waals surface area contributed by atoms with Crippen LogP contribution in [0.4, 0.5) is 19.0 Å². The topological polar surface area (TPSA) is 42.1 Å². The van der Waals surface area contributed by atoms with Crippen molar-refractivity contribution >= 4 is 18.0 Å². The molecule has 2 aromatic heterocycles. The van der Waals surface area contributed by atoms with Crippen molar-refractivity contribution in [1.82, 2.24) is 24.2 Å². The molecule has 1 aliphatic rings. The summed E-state index contributed by atoms with van der Waals surface area (Å²) < 4.78 is 42.1. The number of aryl methyl sites for hydroxylation is 1. The molecule has 0 spiro atoms. The number of rotatable bonds is 3. The maximum atomic E-state index is 12.6. The summed E-state index contributed by atoms with van der Waals surface area (Å²) in [4.78, 5) is 8.23. The van der Waals surface area contributed by atoms with E-state index in [0.717, 1.165) is 38.3 Å². The Morgan fingerprint density at radius 3 is 2.56 bits per heavy atom. The van der Waals surface area contributed by atoms with Crippen LogP contribution >= 0.6 is 12.2 Å². The number of hydrogen-bond donors (Lipinski definition) is 0. The summed E-state index contributed by atoms with van der Waals surface area (Å²) in [7, 11) is 1.85. The van der Waals surface area contributed by atoms with Gasteiger partial charge in [-0.15, -0.1) is 0 Å². The van der Waals surface area contributed by atoms with Crippen molar-refractivity contribution in [1.29, 1.82) is 0 Å². The molecule has 0 N–H and O–H groups in total. The number of nitrogens with zero attached hydrogens (tertiary/aromatic N) is 6. The van der Waals surface area contributed by atoms with E-state index in [0.29, 0.717) is 23.8 Å². The van der Waals surface area contributed by atoms with Crippen molar-refractivity contribution in [2.24, 2.45) is 7.05 Å². The van der Waals surface area contributed by atoms with Gasteiger partial charge in [-0.2, -0.15) is 18.3 Å². The number of anilines is 1. The second-order valence-corrected chi connectivity index (χ2v) is 6.39. The third-order valence-corrected chi connectivity index (χ3v) is 4.71. The first-order valence-electron chi connectivity index (χ1n) is 7.93. The van der Waals surface area contributed by atoms with Crippen LogP contribution in [0.25, 0.3) is 0 Å². The van der Waals surface area contributed by atoms with Gasteiger partial charge < -0.3 is 9.47 Å². The molecule has 1 fully saturated rings. The largest absolute Gasteiger partial charge is 0.417 e. The minimum absolute atomic E-state index is 0.573. The summed E-state index contributed by atoms with van der Waals surface area (Å²) in [6.45, 7) is 3.69. The van der Waals surface area contributed by atoms with Gasteiger partial charge in [0, 0.05) is 39.4 Å². The van der Waals surface area contributed by atoms with E-state index in [4.69, 9.17) is 12.2 Å². The van der Waals surface area contributed by atoms with Gasteiger partial charge in [-0.1, -0.05) is 0 Å². The molecule has 0 unspecified atom stereocenters. The van der Waals surface area contributed by atoms with Crippen LogP contribution in [0.3, 0.4) is 0 Å². The normalized spacial score (nSPS) is 16.9. The molecule has 10 heteroatoms. The van der Waals surface area contributed by atoms with Gasteiger partial charge in [0.1, 0.15) is 12.1 Å². The van der Waals surface area contributed by atoms with Crippen molar-refractivity contribution in [2.75, 3.05) is 31.1 Å². The first-order chi connectivity index (χ1) is 11.8. The van der Waals surface area contributed by atoms with Gasteiger partial charge in [0.2, 0.25) is 0 Å². The van der Waals surface area contributed by atoms with Crippen LogP contribution in [0.15, 0.2) is 24.7 Å². The lowest BCUT2D eigenvalue weighted by Crippen LogP contribution is -2.32. The zero-order chi connectivity index (χ0) is 18.0. The highest BCUT2D eigenvalue weighted by Crippen LogP contribution is 2.29. The van der Waals surface area contributed by atoms with E-state index in [1.807, 2.05) is 11.9 Å². The lowest BCUT2D eigenvalue weighted by molar-refractivity contribution is -0.137. The van der Waals surface area contributed by atoms with Gasteiger partial charge in [0.25, 0.3) is 0 Å². The highest BCUT2D eigenvalue weighted by molar-refractivity contribution is 7.71. The third-order valence-electron chi connectivity index (χ3n) is 4.21. The predicted octanol–water partition coefficient (Wildman–Crippen LogP) is 2.53. The Kier molecular flexibility index (Phi) is 5.09. The molecule has 136 valence electrons. The Morgan fingerprint density at radius 2 is 1.96 bits per heavy atom. The second-order valence-electron chi connectivity index (χ2n) is 6.03. The monoisotopic (exact) mass is 372 g/mol. The fourth-order valence-corrected chi connectivity index (χ4v) is 2.94. The second kappa shape index (κ2) is 7.12. The zero-order valence-corrected chi connectivity index (χ0v) is 14.6. The maximum Gasteiger partial charge on any atom is 0.417 e. The van der Waals surface area contributed by atoms with Gasteiger partial charge in [-0.05, 0) is 30.8 Å². The molecule has 3 heterocycles. The van der Waals surface area contributed by atoms with Crippen molar-refractivity contribution in [3.63, 3.8) is 0 Å². The van der Waals surface area contributed by atoms with E-state index >= 15 is 0 Å². The summed E-state index contributed by atoms with van der Waals surface area (Å²) in [6.07, 6.45) is -0.893. The summed E-state index contributed by atoms with van der Waals surface area (Å²) in [5, 5.41) is 4.25. The molecular formula is C15H19F3N6S. The molecule has 2 aromatic rings. The molecule has 3 rings (SSSR count). The number of halogens is 3. The Bertz CT molecular complexity index is 767. The van der Waals surface area contributed by atoms with Crippen LogP contribution in [0.5, 0.6) is 0 Å². The third kappa shape index (κ3) is 4.18. The van der Waals surface area contributed by atoms with Crippen LogP contribution in [-0.4, -0.2) is 50.4 Å². The molecule has 0 atom stereocenters. The Hall–Kier alpha value is -1.94. The van der Waals surface area contributed by atoms with Crippen molar-refractivity contribution in [2.45, 2.75) is 19.3 Å². The van der Waals surface area contributed by atoms with Crippen LogP contribution in [-0.2, 0) is 19.9 Å². The van der Waals surface area contributed by atoms with E-state index < -0.39 is 11.7 Å². The summed E-state index contributed by atoms with van der Waals surface area (Å²) in [5.41, 5.74) is -0.725. The Balaban J connectivity index is 1.63. The van der Waals surface area contributed by atoms with E-state index in [1.165, 1.54) is 6.07 Å². The highest BCUT2D eigenvalue weighted by Gasteiger charge is 2.31. The smallest absolute Gasteiger partial charge is 0.355 e. The Labute approximate surface area is 148 Å². The lowest BCUT2D eigenvalue weighted by atomic mass is 10.2. The van der Waals surface area contributed by atoms with Crippen molar-refractivity contribution < 1.29 is 13.2 Å². The molecule has 0 aromatic carbocycles. The molecule has 0 bridgehead atoms. The van der Waals surface area contributed by atoms with Crippen LogP contribution in [0.1, 0.15) is 12.0 Å². The molecule has 1 saturated heterocycles. The fraction of sp³-hybridized carbons (Fsp3) is 0.533. The molecule has 1 aliphatic heterocycles. The van der Waals surface area contributed by atoms with Gasteiger partial charge in [0.05, 0.1) is 12.2 Å². The maximum absolute atomic E-state index is 12.6. The SMILES string of the molecule is Cn1cnn(CN2CCCN(c3ccc(C(F)(F)F)cn3)CC2)c1=S. The van der Waals surface area contributed by atoms with Crippen LogP contribution in [0, 0.1) is 4.77 Å². The minimum Gasteiger partial charge on any atom is -0.355 e. The molecule has 25 heavy (non-hydrogen) atoms. The van der Waals surface area contributed by atoms with E-state index in [9.17, 15) is 13.2 Å². The Morgan fingerprint density at radius 1 is 1.16 bits per heavy atom. The van der Waals surface area contributed by atoms with E-state index in [-0.39, 0.29) is 0 Å². The van der Waals surface area contributed by atoms with Gasteiger partial charge in [-0.3, -0.25) is 4.90 Å². The molecule has 0 radical (unpaired) electrons. The molecule has 6 nitrogen and oxygen atoms in total. The predicted molar refractivity (Wildman–Crippen MR) is 89.7 cm³/mol. The summed E-state index contributed by atoms with van der Waals surface area (Å²) >= 11 is 5.30. The van der Waals surface area contributed by atoms with Gasteiger partial charge in [0.15, 0.2) is 4.77 Å². The van der Waals surface area contributed by atoms with Gasteiger partial charge >= 0.3 is 6.18 Å². The molecule has 0 amide bonds. The average Bonchev–Trinajstić information content (AvgIpc) is 2.78. The van der Waals surface area contributed by atoms with E-state index in [2.05, 4.69) is 15.0 Å². The average molecular weight is 372 g/mol. The first-order valence-corrected chi connectivity index (χ1v) is 8.34. The number of hydrogen-bond acceptors (Lipinski definition) is 5. The van der Waals surface area contributed by atoms with Gasteiger partial charge in [-0.25, -0.2) is 9.67 Å². The minimum atomic E-state index is -4.36. The number of aromatic nitrogens is 4. The van der Waals surface area contributed by atoms with Crippen molar-refractivity contribution in [3.05, 3.63) is 35.0 Å². The number of alkyl halides is 3. The first kappa shape index (κ1) is 17.9. The van der Waals surface area contributed by atoms with E-state index in [1.54, 1.807) is 15.6 Å². The van der Waals surface area contributed by atoms with Crippen LogP contribution < -0.4 is 4.90 Å². The summed E-state index contributed by atoms with van der Waals surface area (Å²) in [6, 6.07) is 2.52. The quantitative estimate of drug-likeness (QED) is 0.775. The fourth-order valence-electron chi connectivity index (χ4n) is 2.79. The molecular weight excluding hydrogens is 353 g/mol. The zero-order valence-electron chi connectivity index (χ0n) is 13.8. The lowest BCUT2D eigenvalue weighted by Gasteiger charge is -2.23. The standard InChI is InChI=1S/C15H19F3N6S/c1-21-10-20-24(14(21)25)11-22-5-2-6-23(8-7-22)13-4-3-12(9-19-13)15(16,17)18/h3-4,9-10H,2,5-8,11H2,1H3. The van der Waals surface area contributed by atoms with Crippen molar-refractivity contribution in [3.8, 4) is 0 Å². The molecule has 0 saturated carbocycles. The molecule has 0 aliphatic carbocycles. The van der Waals surface area contributed by atoms with Crippen LogP contribution in [0.2, 0.25) is 0 Å². The summed E-state index contributed by atoms with van der Waals surface area (Å²) in [5.74, 6) is 0.573. The number of pyridine rings is 1.